The second kappa shape index (κ2) is 7.20. The minimum Gasteiger partial charge on any atom is -0.324 e. The van der Waals surface area contributed by atoms with Crippen molar-refractivity contribution in [3.63, 3.8) is 0 Å². The van der Waals surface area contributed by atoms with E-state index >= 15 is 0 Å². The number of amides is 1. The third-order valence-corrected chi connectivity index (χ3v) is 4.68. The highest BCUT2D eigenvalue weighted by atomic mass is 32.1. The first-order chi connectivity index (χ1) is 12.4. The van der Waals surface area contributed by atoms with Gasteiger partial charge in [-0.2, -0.15) is 0 Å². The van der Waals surface area contributed by atoms with E-state index in [1.807, 2.05) is 6.92 Å². The zero-order valence-electron chi connectivity index (χ0n) is 13.8. The Morgan fingerprint density at radius 3 is 2.62 bits per heavy atom. The molecule has 6 nitrogen and oxygen atoms in total. The van der Waals surface area contributed by atoms with Crippen molar-refractivity contribution >= 4 is 33.1 Å². The highest BCUT2D eigenvalue weighted by Gasteiger charge is 2.16. The molecule has 2 heterocycles. The van der Waals surface area contributed by atoms with Crippen molar-refractivity contribution in [3.05, 3.63) is 62.1 Å². The molecule has 1 amide bonds. The predicted octanol–water partition coefficient (Wildman–Crippen LogP) is 2.55. The first-order valence-electron chi connectivity index (χ1n) is 7.88. The van der Waals surface area contributed by atoms with Crippen LogP contribution in [-0.4, -0.2) is 15.0 Å². The molecular formula is C17H15F2N3O3S. The smallest absolute Gasteiger partial charge is 0.324 e. The molecule has 3 rings (SSSR count). The van der Waals surface area contributed by atoms with Gasteiger partial charge in [-0.05, 0) is 30.0 Å². The number of rotatable bonds is 5. The highest BCUT2D eigenvalue weighted by Crippen LogP contribution is 2.16. The Kier molecular flexibility index (Phi) is 4.99. The maximum absolute atomic E-state index is 13.3. The van der Waals surface area contributed by atoms with Crippen LogP contribution in [-0.2, 0) is 17.9 Å². The molecule has 0 fully saturated rings. The Morgan fingerprint density at radius 1 is 1.15 bits per heavy atom. The molecule has 0 saturated heterocycles. The molecule has 0 radical (unpaired) electrons. The van der Waals surface area contributed by atoms with Crippen molar-refractivity contribution in [2.75, 3.05) is 5.32 Å². The fraction of sp³-hybridized carbons (Fsp3) is 0.235. The van der Waals surface area contributed by atoms with Crippen molar-refractivity contribution in [1.82, 2.24) is 9.13 Å². The molecule has 1 N–H and O–H groups in total. The fourth-order valence-electron chi connectivity index (χ4n) is 2.62. The molecule has 0 saturated carbocycles. The Balaban J connectivity index is 1.96. The van der Waals surface area contributed by atoms with E-state index in [-0.39, 0.29) is 24.3 Å². The summed E-state index contributed by atoms with van der Waals surface area (Å²) in [6.07, 6.45) is 0.590. The number of halogens is 2. The van der Waals surface area contributed by atoms with Gasteiger partial charge in [-0.25, -0.2) is 13.6 Å². The number of fused-ring (bicyclic) bond motifs is 1. The average molecular weight is 379 g/mol. The molecule has 3 aromatic rings. The van der Waals surface area contributed by atoms with Gasteiger partial charge in [-0.15, -0.1) is 11.3 Å². The summed E-state index contributed by atoms with van der Waals surface area (Å²) in [5.41, 5.74) is -0.509. The van der Waals surface area contributed by atoms with Gasteiger partial charge in [0.15, 0.2) is 11.6 Å². The van der Waals surface area contributed by atoms with E-state index in [1.54, 1.807) is 11.4 Å². The van der Waals surface area contributed by atoms with E-state index < -0.39 is 23.2 Å². The van der Waals surface area contributed by atoms with Crippen LogP contribution in [0.2, 0.25) is 0 Å². The summed E-state index contributed by atoms with van der Waals surface area (Å²) in [6.45, 7) is 1.73. The molecule has 0 bridgehead atoms. The second-order valence-electron chi connectivity index (χ2n) is 5.64. The predicted molar refractivity (Wildman–Crippen MR) is 95.6 cm³/mol. The third kappa shape index (κ3) is 3.30. The number of thiophene rings is 1. The molecule has 0 aliphatic rings. The molecule has 136 valence electrons. The summed E-state index contributed by atoms with van der Waals surface area (Å²) < 4.78 is 28.9. The van der Waals surface area contributed by atoms with Crippen LogP contribution >= 0.6 is 11.3 Å². The van der Waals surface area contributed by atoms with Crippen molar-refractivity contribution in [1.29, 1.82) is 0 Å². The van der Waals surface area contributed by atoms with E-state index in [9.17, 15) is 23.2 Å². The van der Waals surface area contributed by atoms with Gasteiger partial charge in [0.1, 0.15) is 11.2 Å². The standard InChI is InChI=1S/C17H15F2N3O3S/c1-2-6-21-16(24)15-13(5-7-26-15)22(17(21)25)9-14(23)20-10-3-4-11(18)12(19)8-10/h3-5,7-8H,2,6,9H2,1H3,(H,20,23). The number of anilines is 1. The number of benzene rings is 1. The molecule has 0 aliphatic heterocycles. The van der Waals surface area contributed by atoms with Gasteiger partial charge in [-0.3, -0.25) is 18.7 Å². The maximum atomic E-state index is 13.3. The van der Waals surface area contributed by atoms with Crippen LogP contribution in [0.5, 0.6) is 0 Å². The van der Waals surface area contributed by atoms with Crippen LogP contribution in [0, 0.1) is 11.6 Å². The lowest BCUT2D eigenvalue weighted by molar-refractivity contribution is -0.116. The zero-order chi connectivity index (χ0) is 18.8. The largest absolute Gasteiger partial charge is 0.332 e. The SMILES string of the molecule is CCCn1c(=O)c2sccc2n(CC(=O)Nc2ccc(F)c(F)c2)c1=O. The summed E-state index contributed by atoms with van der Waals surface area (Å²) in [7, 11) is 0. The van der Waals surface area contributed by atoms with Crippen LogP contribution in [0.1, 0.15) is 13.3 Å². The fourth-order valence-corrected chi connectivity index (χ4v) is 3.47. The van der Waals surface area contributed by atoms with Crippen LogP contribution in [0.15, 0.2) is 39.2 Å². The number of nitrogens with zero attached hydrogens (tertiary/aromatic N) is 2. The number of aromatic nitrogens is 2. The number of carbonyl (C=O) groups is 1. The van der Waals surface area contributed by atoms with Crippen molar-refractivity contribution in [3.8, 4) is 0 Å². The van der Waals surface area contributed by atoms with Crippen LogP contribution in [0.3, 0.4) is 0 Å². The maximum Gasteiger partial charge on any atom is 0.332 e. The van der Waals surface area contributed by atoms with Gasteiger partial charge in [0.2, 0.25) is 5.91 Å². The Hall–Kier alpha value is -2.81. The van der Waals surface area contributed by atoms with E-state index in [4.69, 9.17) is 0 Å². The van der Waals surface area contributed by atoms with Crippen LogP contribution in [0.25, 0.3) is 10.2 Å². The first-order valence-corrected chi connectivity index (χ1v) is 8.76. The normalized spacial score (nSPS) is 11.0. The Labute approximate surface area is 150 Å². The Bertz CT molecular complexity index is 1100. The lowest BCUT2D eigenvalue weighted by atomic mass is 10.3. The van der Waals surface area contributed by atoms with Crippen LogP contribution < -0.4 is 16.6 Å². The quantitative estimate of drug-likeness (QED) is 0.741. The minimum atomic E-state index is -1.09. The highest BCUT2D eigenvalue weighted by molar-refractivity contribution is 7.17. The lowest BCUT2D eigenvalue weighted by Crippen LogP contribution is -2.41. The summed E-state index contributed by atoms with van der Waals surface area (Å²) >= 11 is 1.20. The first kappa shape index (κ1) is 18.0. The van der Waals surface area contributed by atoms with E-state index in [1.165, 1.54) is 22.0 Å². The average Bonchev–Trinajstić information content (AvgIpc) is 3.08. The topological polar surface area (TPSA) is 73.1 Å². The minimum absolute atomic E-state index is 0.0744. The molecule has 9 heteroatoms. The van der Waals surface area contributed by atoms with Gasteiger partial charge < -0.3 is 5.32 Å². The Morgan fingerprint density at radius 2 is 1.92 bits per heavy atom. The molecule has 1 aromatic carbocycles. The van der Waals surface area contributed by atoms with Gasteiger partial charge in [0.25, 0.3) is 5.56 Å². The van der Waals surface area contributed by atoms with Crippen molar-refractivity contribution in [2.24, 2.45) is 0 Å². The van der Waals surface area contributed by atoms with E-state index in [0.29, 0.717) is 16.6 Å². The molecule has 0 atom stereocenters. The van der Waals surface area contributed by atoms with Gasteiger partial charge in [0, 0.05) is 18.3 Å². The van der Waals surface area contributed by atoms with Crippen LogP contribution in [0.4, 0.5) is 14.5 Å². The summed E-state index contributed by atoms with van der Waals surface area (Å²) in [5.74, 6) is -2.70. The molecule has 0 spiro atoms. The number of hydrogen-bond donors (Lipinski definition) is 1. The van der Waals surface area contributed by atoms with Gasteiger partial charge in [-0.1, -0.05) is 6.92 Å². The van der Waals surface area contributed by atoms with Crippen molar-refractivity contribution in [2.45, 2.75) is 26.4 Å². The summed E-state index contributed by atoms with van der Waals surface area (Å²) in [4.78, 5) is 37.3. The summed E-state index contributed by atoms with van der Waals surface area (Å²) in [5, 5.41) is 4.09. The monoisotopic (exact) mass is 379 g/mol. The number of hydrogen-bond acceptors (Lipinski definition) is 4. The molecular weight excluding hydrogens is 364 g/mol. The molecule has 0 unspecified atom stereocenters. The third-order valence-electron chi connectivity index (χ3n) is 3.79. The van der Waals surface area contributed by atoms with Gasteiger partial charge >= 0.3 is 5.69 Å². The molecule has 26 heavy (non-hydrogen) atoms. The second-order valence-corrected chi connectivity index (χ2v) is 6.55. The number of nitrogens with one attached hydrogen (secondary N) is 1. The van der Waals surface area contributed by atoms with E-state index in [0.717, 1.165) is 16.7 Å². The molecule has 0 aliphatic carbocycles. The summed E-state index contributed by atoms with van der Waals surface area (Å²) in [6, 6.07) is 4.57. The van der Waals surface area contributed by atoms with E-state index in [2.05, 4.69) is 5.32 Å². The zero-order valence-corrected chi connectivity index (χ0v) is 14.6. The lowest BCUT2D eigenvalue weighted by Gasteiger charge is -2.12. The van der Waals surface area contributed by atoms with Gasteiger partial charge in [0.05, 0.1) is 5.52 Å². The number of carbonyl (C=O) groups excluding carboxylic acids is 1. The van der Waals surface area contributed by atoms with Crippen molar-refractivity contribution < 1.29 is 13.6 Å². The molecule has 2 aromatic heterocycles.